The van der Waals surface area contributed by atoms with Crippen molar-refractivity contribution in [1.82, 2.24) is 13.9 Å². The Hall–Kier alpha value is 0.120. The van der Waals surface area contributed by atoms with Gasteiger partial charge in [0, 0.05) is 39.3 Å². The third-order valence-corrected chi connectivity index (χ3v) is 7.46. The van der Waals surface area contributed by atoms with E-state index in [2.05, 4.69) is 5.32 Å². The lowest BCUT2D eigenvalue weighted by molar-refractivity contribution is 0.0990. The van der Waals surface area contributed by atoms with E-state index in [1.54, 1.807) is 8.61 Å². The molecule has 1 N–H and O–H groups in total. The number of piperidine rings is 1. The monoisotopic (exact) mass is 337 g/mol. The van der Waals surface area contributed by atoms with E-state index in [0.29, 0.717) is 18.5 Å². The highest BCUT2D eigenvalue weighted by Crippen LogP contribution is 2.44. The van der Waals surface area contributed by atoms with E-state index in [-0.39, 0.29) is 12.4 Å². The molecule has 5 nitrogen and oxygen atoms in total. The fourth-order valence-electron chi connectivity index (χ4n) is 4.03. The van der Waals surface area contributed by atoms with Gasteiger partial charge < -0.3 is 5.32 Å². The lowest BCUT2D eigenvalue weighted by atomic mass is 9.68. The molecule has 0 aromatic rings. The number of hydrogen-bond donors (Lipinski definition) is 1. The topological polar surface area (TPSA) is 52.7 Å². The van der Waals surface area contributed by atoms with Gasteiger partial charge in [0.1, 0.15) is 0 Å². The molecule has 0 radical (unpaired) electrons. The van der Waals surface area contributed by atoms with Crippen molar-refractivity contribution in [2.45, 2.75) is 44.9 Å². The number of nitrogens with one attached hydrogen (secondary N) is 1. The molecule has 21 heavy (non-hydrogen) atoms. The van der Waals surface area contributed by atoms with Gasteiger partial charge in [-0.15, -0.1) is 12.4 Å². The molecule has 0 aromatic heterocycles. The summed E-state index contributed by atoms with van der Waals surface area (Å²) >= 11 is 0. The number of piperazine rings is 1. The first-order valence-corrected chi connectivity index (χ1v) is 9.48. The third-order valence-electron chi connectivity index (χ3n) is 5.43. The van der Waals surface area contributed by atoms with Crippen LogP contribution in [0.4, 0.5) is 0 Å². The van der Waals surface area contributed by atoms with E-state index in [1.807, 2.05) is 0 Å². The van der Waals surface area contributed by atoms with E-state index in [4.69, 9.17) is 0 Å². The molecule has 3 fully saturated rings. The zero-order valence-corrected chi connectivity index (χ0v) is 14.4. The SMILES string of the molecule is Cl.O=S(=O)(N1CCNCC1)N1CCC2(CCCCC2)CC1. The summed E-state index contributed by atoms with van der Waals surface area (Å²) in [7, 11) is -3.21. The second-order valence-corrected chi connectivity index (χ2v) is 8.54. The minimum atomic E-state index is -3.21. The molecule has 1 aliphatic carbocycles. The molecule has 1 saturated carbocycles. The summed E-state index contributed by atoms with van der Waals surface area (Å²) in [6, 6.07) is 0. The molecule has 7 heteroatoms. The Balaban J connectivity index is 0.00000161. The van der Waals surface area contributed by atoms with Gasteiger partial charge in [0.15, 0.2) is 0 Å². The maximum Gasteiger partial charge on any atom is 0.282 e. The molecule has 0 bridgehead atoms. The molecule has 3 rings (SSSR count). The minimum Gasteiger partial charge on any atom is -0.314 e. The fourth-order valence-corrected chi connectivity index (χ4v) is 5.65. The van der Waals surface area contributed by atoms with Crippen LogP contribution in [0.2, 0.25) is 0 Å². The number of hydrogen-bond acceptors (Lipinski definition) is 3. The Morgan fingerprint density at radius 3 is 1.86 bits per heavy atom. The Morgan fingerprint density at radius 1 is 0.762 bits per heavy atom. The van der Waals surface area contributed by atoms with Crippen LogP contribution in [-0.2, 0) is 10.2 Å². The molecule has 1 spiro atoms. The molecule has 2 saturated heterocycles. The first-order valence-electron chi connectivity index (χ1n) is 8.08. The van der Waals surface area contributed by atoms with Gasteiger partial charge in [0.2, 0.25) is 0 Å². The predicted octanol–water partition coefficient (Wildman–Crippen LogP) is 1.60. The highest BCUT2D eigenvalue weighted by atomic mass is 35.5. The smallest absolute Gasteiger partial charge is 0.282 e. The van der Waals surface area contributed by atoms with Crippen molar-refractivity contribution in [3.63, 3.8) is 0 Å². The standard InChI is InChI=1S/C14H27N3O2S.ClH/c18-20(19,17-12-8-15-9-13-17)16-10-6-14(7-11-16)4-2-1-3-5-14;/h15H,1-13H2;1H. The van der Waals surface area contributed by atoms with Gasteiger partial charge in [-0.05, 0) is 31.1 Å². The van der Waals surface area contributed by atoms with Crippen molar-refractivity contribution in [2.24, 2.45) is 5.41 Å². The van der Waals surface area contributed by atoms with Crippen molar-refractivity contribution in [3.05, 3.63) is 0 Å². The molecular weight excluding hydrogens is 310 g/mol. The minimum absolute atomic E-state index is 0. The lowest BCUT2D eigenvalue weighted by Gasteiger charge is -2.44. The van der Waals surface area contributed by atoms with E-state index in [9.17, 15) is 8.42 Å². The van der Waals surface area contributed by atoms with Gasteiger partial charge in [-0.25, -0.2) is 0 Å². The quantitative estimate of drug-likeness (QED) is 0.832. The maximum atomic E-state index is 12.6. The number of nitrogens with zero attached hydrogens (tertiary/aromatic N) is 2. The van der Waals surface area contributed by atoms with Gasteiger partial charge in [0.05, 0.1) is 0 Å². The van der Waals surface area contributed by atoms with Crippen molar-refractivity contribution in [2.75, 3.05) is 39.3 Å². The van der Waals surface area contributed by atoms with Crippen LogP contribution in [0.15, 0.2) is 0 Å². The van der Waals surface area contributed by atoms with Crippen LogP contribution in [0.5, 0.6) is 0 Å². The van der Waals surface area contributed by atoms with Gasteiger partial charge in [0.25, 0.3) is 10.2 Å². The predicted molar refractivity (Wildman–Crippen MR) is 86.9 cm³/mol. The third kappa shape index (κ3) is 3.72. The summed E-state index contributed by atoms with van der Waals surface area (Å²) < 4.78 is 28.7. The second kappa shape index (κ2) is 7.13. The first kappa shape index (κ1) is 17.5. The van der Waals surface area contributed by atoms with Crippen molar-refractivity contribution in [1.29, 1.82) is 0 Å². The van der Waals surface area contributed by atoms with Gasteiger partial charge in [-0.1, -0.05) is 19.3 Å². The Bertz CT molecular complexity index is 422. The molecule has 124 valence electrons. The highest BCUT2D eigenvalue weighted by Gasteiger charge is 2.40. The molecule has 0 atom stereocenters. The van der Waals surface area contributed by atoms with E-state index in [0.717, 1.165) is 39.0 Å². The zero-order chi connectivity index (χ0) is 14.1. The second-order valence-electron chi connectivity index (χ2n) is 6.62. The first-order chi connectivity index (χ1) is 9.62. The summed E-state index contributed by atoms with van der Waals surface area (Å²) in [4.78, 5) is 0. The zero-order valence-electron chi connectivity index (χ0n) is 12.7. The van der Waals surface area contributed by atoms with Crippen molar-refractivity contribution >= 4 is 22.6 Å². The van der Waals surface area contributed by atoms with E-state index >= 15 is 0 Å². The average Bonchev–Trinajstić information content (AvgIpc) is 2.49. The van der Waals surface area contributed by atoms with Gasteiger partial charge >= 0.3 is 0 Å². The Kier molecular flexibility index (Phi) is 5.93. The summed E-state index contributed by atoms with van der Waals surface area (Å²) in [6.45, 7) is 4.24. The molecule has 0 aromatic carbocycles. The van der Waals surface area contributed by atoms with Crippen molar-refractivity contribution in [3.8, 4) is 0 Å². The summed E-state index contributed by atoms with van der Waals surface area (Å²) in [6.07, 6.45) is 8.80. The largest absolute Gasteiger partial charge is 0.314 e. The Morgan fingerprint density at radius 2 is 1.29 bits per heavy atom. The van der Waals surface area contributed by atoms with Crippen LogP contribution in [0, 0.1) is 5.41 Å². The van der Waals surface area contributed by atoms with Crippen LogP contribution < -0.4 is 5.32 Å². The normalized spacial score (nSPS) is 28.2. The maximum absolute atomic E-state index is 12.6. The number of rotatable bonds is 2. The van der Waals surface area contributed by atoms with E-state index in [1.165, 1.54) is 32.1 Å². The van der Waals surface area contributed by atoms with Crippen LogP contribution in [0.1, 0.15) is 44.9 Å². The number of halogens is 1. The molecule has 0 amide bonds. The van der Waals surface area contributed by atoms with E-state index < -0.39 is 10.2 Å². The average molecular weight is 338 g/mol. The summed E-state index contributed by atoms with van der Waals surface area (Å²) in [5.74, 6) is 0. The molecular formula is C14H28ClN3O2S. The Labute approximate surface area is 135 Å². The van der Waals surface area contributed by atoms with Gasteiger partial charge in [-0.2, -0.15) is 17.0 Å². The summed E-state index contributed by atoms with van der Waals surface area (Å²) in [5.41, 5.74) is 0.466. The molecule has 3 aliphatic rings. The summed E-state index contributed by atoms with van der Waals surface area (Å²) in [5, 5.41) is 3.21. The lowest BCUT2D eigenvalue weighted by Crippen LogP contribution is -2.54. The van der Waals surface area contributed by atoms with Crippen molar-refractivity contribution < 1.29 is 8.42 Å². The van der Waals surface area contributed by atoms with Crippen LogP contribution >= 0.6 is 12.4 Å². The van der Waals surface area contributed by atoms with Gasteiger partial charge in [-0.3, -0.25) is 0 Å². The van der Waals surface area contributed by atoms with Crippen LogP contribution in [0.25, 0.3) is 0 Å². The molecule has 2 aliphatic heterocycles. The van der Waals surface area contributed by atoms with Crippen LogP contribution in [0.3, 0.4) is 0 Å². The van der Waals surface area contributed by atoms with Crippen LogP contribution in [-0.4, -0.2) is 56.3 Å². The fraction of sp³-hybridized carbons (Fsp3) is 1.00. The highest BCUT2D eigenvalue weighted by molar-refractivity contribution is 7.86. The molecule has 2 heterocycles. The molecule has 0 unspecified atom stereocenters.